The van der Waals surface area contributed by atoms with Crippen LogP contribution in [0.4, 0.5) is 0 Å². The minimum atomic E-state index is -3.11. The molecule has 6 heteroatoms. The quantitative estimate of drug-likeness (QED) is 0.377. The standard InChI is InChI=1S/2Cu.H2O3S/c;;1-4(2)3/h;;(H2,1,2,3)/q;+2;/p-2. The Morgan fingerprint density at radius 3 is 1.33 bits per heavy atom. The van der Waals surface area contributed by atoms with Gasteiger partial charge in [-0.05, 0) is 0 Å². The van der Waals surface area contributed by atoms with Gasteiger partial charge in [0.1, 0.15) is 0 Å². The number of rotatable bonds is 0. The summed E-state index contributed by atoms with van der Waals surface area (Å²) >= 11 is -3.11. The average molecular weight is 207 g/mol. The van der Waals surface area contributed by atoms with Crippen molar-refractivity contribution in [3.8, 4) is 0 Å². The fraction of sp³-hybridized carbons (Fsp3) is 0. The summed E-state index contributed by atoms with van der Waals surface area (Å²) in [5.41, 5.74) is 0. The third-order valence-electron chi connectivity index (χ3n) is 0. The zero-order valence-electron chi connectivity index (χ0n) is 2.24. The van der Waals surface area contributed by atoms with Crippen LogP contribution in [0.3, 0.4) is 0 Å². The Morgan fingerprint density at radius 1 is 1.33 bits per heavy atom. The van der Waals surface area contributed by atoms with Crippen molar-refractivity contribution in [3.05, 3.63) is 0 Å². The van der Waals surface area contributed by atoms with Crippen molar-refractivity contribution >= 4 is 11.4 Å². The second-order valence-electron chi connectivity index (χ2n) is 0.204. The van der Waals surface area contributed by atoms with E-state index in [4.69, 9.17) is 13.3 Å². The molecule has 0 aromatic carbocycles. The molecule has 0 amide bonds. The van der Waals surface area contributed by atoms with Gasteiger partial charge in [0.2, 0.25) is 0 Å². The second kappa shape index (κ2) is 9.44. The van der Waals surface area contributed by atoms with Gasteiger partial charge < -0.3 is 9.11 Å². The molecule has 6 heavy (non-hydrogen) atoms. The van der Waals surface area contributed by atoms with Crippen molar-refractivity contribution in [2.45, 2.75) is 0 Å². The van der Waals surface area contributed by atoms with E-state index >= 15 is 0 Å². The molecule has 0 rings (SSSR count). The van der Waals surface area contributed by atoms with E-state index in [0.717, 1.165) is 0 Å². The Kier molecular flexibility index (Phi) is 24.7. The summed E-state index contributed by atoms with van der Waals surface area (Å²) in [4.78, 5) is 0. The molecule has 0 aliphatic heterocycles. The van der Waals surface area contributed by atoms with E-state index in [2.05, 4.69) is 0 Å². The van der Waals surface area contributed by atoms with E-state index in [1.165, 1.54) is 0 Å². The van der Waals surface area contributed by atoms with Crippen molar-refractivity contribution in [2.24, 2.45) is 0 Å². The van der Waals surface area contributed by atoms with Gasteiger partial charge in [-0.2, -0.15) is 0 Å². The van der Waals surface area contributed by atoms with Crippen LogP contribution >= 0.6 is 0 Å². The maximum Gasteiger partial charge on any atom is 2.00 e. The summed E-state index contributed by atoms with van der Waals surface area (Å²) in [5, 5.41) is 0. The normalized spacial score (nSPS) is 5.83. The van der Waals surface area contributed by atoms with Crippen molar-refractivity contribution < 1.29 is 47.5 Å². The minimum Gasteiger partial charge on any atom is -0.784 e. The van der Waals surface area contributed by atoms with Crippen LogP contribution < -0.4 is 0 Å². The molecular formula is Cu2O3S. The van der Waals surface area contributed by atoms with Gasteiger partial charge in [0.05, 0.1) is 0 Å². The van der Waals surface area contributed by atoms with Crippen LogP contribution in [0.15, 0.2) is 0 Å². The Morgan fingerprint density at radius 2 is 1.33 bits per heavy atom. The van der Waals surface area contributed by atoms with Gasteiger partial charge in [-0.3, -0.25) is 4.21 Å². The van der Waals surface area contributed by atoms with Crippen LogP contribution in [0.2, 0.25) is 0 Å². The molecule has 0 bridgehead atoms. The molecule has 0 fully saturated rings. The maximum atomic E-state index is 8.44. The molecule has 46 valence electrons. The van der Waals surface area contributed by atoms with E-state index in [9.17, 15) is 0 Å². The molecule has 0 saturated carbocycles. The molecule has 0 aromatic heterocycles. The molecule has 0 aliphatic carbocycles. The third kappa shape index (κ3) is 70.1. The fourth-order valence-electron chi connectivity index (χ4n) is 0. The molecule has 0 atom stereocenters. The van der Waals surface area contributed by atoms with Gasteiger partial charge in [-0.1, -0.05) is 0 Å². The van der Waals surface area contributed by atoms with Crippen molar-refractivity contribution in [3.63, 3.8) is 0 Å². The largest absolute Gasteiger partial charge is 2.00 e. The summed E-state index contributed by atoms with van der Waals surface area (Å²) < 4.78 is 25.3. The van der Waals surface area contributed by atoms with Gasteiger partial charge in [-0.25, -0.2) is 0 Å². The van der Waals surface area contributed by atoms with Crippen molar-refractivity contribution in [1.82, 2.24) is 0 Å². The monoisotopic (exact) mass is 206 g/mol. The molecule has 0 heterocycles. The first-order valence-electron chi connectivity index (χ1n) is 0.500. The maximum absolute atomic E-state index is 8.44. The molecule has 3 nitrogen and oxygen atoms in total. The van der Waals surface area contributed by atoms with Gasteiger partial charge >= 0.3 is 17.1 Å². The molecule has 0 unspecified atom stereocenters. The van der Waals surface area contributed by atoms with E-state index in [1.54, 1.807) is 0 Å². The average Bonchev–Trinajstić information content (AvgIpc) is 0.811. The Labute approximate surface area is 58.9 Å². The van der Waals surface area contributed by atoms with E-state index in [0.29, 0.717) is 0 Å². The van der Waals surface area contributed by atoms with E-state index in [1.807, 2.05) is 0 Å². The summed E-state index contributed by atoms with van der Waals surface area (Å²) in [6, 6.07) is 0. The predicted molar refractivity (Wildman–Crippen MR) is 9.70 cm³/mol. The summed E-state index contributed by atoms with van der Waals surface area (Å²) in [6.07, 6.45) is 0. The van der Waals surface area contributed by atoms with Crippen LogP contribution in [-0.2, 0) is 45.5 Å². The molecule has 0 N–H and O–H groups in total. The molecule has 0 aromatic rings. The number of hydrogen-bond acceptors (Lipinski definition) is 3. The zero-order valence-corrected chi connectivity index (χ0v) is 4.94. The van der Waals surface area contributed by atoms with Crippen LogP contribution in [-0.4, -0.2) is 13.3 Å². The van der Waals surface area contributed by atoms with Crippen LogP contribution in [0, 0.1) is 0 Å². The first-order valence-corrected chi connectivity index (χ1v) is 1.50. The summed E-state index contributed by atoms with van der Waals surface area (Å²) in [7, 11) is 0. The summed E-state index contributed by atoms with van der Waals surface area (Å²) in [5.74, 6) is 0. The van der Waals surface area contributed by atoms with Crippen LogP contribution in [0.1, 0.15) is 0 Å². The van der Waals surface area contributed by atoms with Gasteiger partial charge in [0.15, 0.2) is 0 Å². The van der Waals surface area contributed by atoms with E-state index in [-0.39, 0.29) is 34.1 Å². The minimum absolute atomic E-state index is 0. The first kappa shape index (κ1) is 15.7. The molecule has 0 aliphatic rings. The number of hydrogen-bond donors (Lipinski definition) is 0. The second-order valence-corrected chi connectivity index (χ2v) is 0.612. The summed E-state index contributed by atoms with van der Waals surface area (Å²) in [6.45, 7) is 0. The van der Waals surface area contributed by atoms with Crippen molar-refractivity contribution in [1.29, 1.82) is 0 Å². The Bertz CT molecular complexity index is 31.8. The van der Waals surface area contributed by atoms with Gasteiger partial charge in [0, 0.05) is 17.1 Å². The Hall–Kier alpha value is 1.11. The predicted octanol–water partition coefficient (Wildman–Crippen LogP) is -1.01. The fourth-order valence-corrected chi connectivity index (χ4v) is 0. The third-order valence-corrected chi connectivity index (χ3v) is 0. The topological polar surface area (TPSA) is 63.2 Å². The smallest absolute Gasteiger partial charge is 0.784 e. The van der Waals surface area contributed by atoms with Crippen LogP contribution in [0.5, 0.6) is 0 Å². The molecule has 0 saturated heterocycles. The van der Waals surface area contributed by atoms with Gasteiger partial charge in [0.25, 0.3) is 0 Å². The van der Waals surface area contributed by atoms with Gasteiger partial charge in [-0.15, -0.1) is 11.4 Å². The SMILES string of the molecule is O=S([O-])[O-].[Cu+2].[Cu]. The first-order chi connectivity index (χ1) is 1.73. The Balaban J connectivity index is -0.0000000450. The molecular weight excluding hydrogens is 207 g/mol. The van der Waals surface area contributed by atoms with E-state index < -0.39 is 11.4 Å². The zero-order chi connectivity index (χ0) is 3.58. The van der Waals surface area contributed by atoms with Crippen molar-refractivity contribution in [2.75, 3.05) is 0 Å². The van der Waals surface area contributed by atoms with Crippen LogP contribution in [0.25, 0.3) is 0 Å². The molecule has 0 spiro atoms. The molecule has 2 radical (unpaired) electrons.